The van der Waals surface area contributed by atoms with Crippen molar-refractivity contribution in [1.82, 2.24) is 4.90 Å². The number of alkyl halides is 3. The fraction of sp³-hybridized carbons (Fsp3) is 1.00. The lowest BCUT2D eigenvalue weighted by atomic mass is 10.4. The number of rotatable bonds is 1. The predicted molar refractivity (Wildman–Crippen MR) is 41.1 cm³/mol. The van der Waals surface area contributed by atoms with E-state index in [2.05, 4.69) is 0 Å². The molecule has 0 unspecified atom stereocenters. The van der Waals surface area contributed by atoms with Crippen LogP contribution in [0.3, 0.4) is 0 Å². The summed E-state index contributed by atoms with van der Waals surface area (Å²) >= 11 is 0. The summed E-state index contributed by atoms with van der Waals surface area (Å²) in [6.45, 7) is -1.04. The zero-order valence-electron chi connectivity index (χ0n) is 6.84. The van der Waals surface area contributed by atoms with Crippen LogP contribution < -0.4 is 0 Å². The lowest BCUT2D eigenvalue weighted by Crippen LogP contribution is -2.44. The first-order valence-corrected chi connectivity index (χ1v) is 5.60. The third-order valence-electron chi connectivity index (χ3n) is 1.84. The lowest BCUT2D eigenvalue weighted by Gasteiger charge is -2.26. The summed E-state index contributed by atoms with van der Waals surface area (Å²) in [6.07, 6.45) is -4.24. The molecular weight excluding hydrogens is 207 g/mol. The molecule has 13 heavy (non-hydrogen) atoms. The molecule has 0 atom stereocenters. The summed E-state index contributed by atoms with van der Waals surface area (Å²) in [5, 5.41) is 0. The molecule has 0 amide bonds. The Balaban J connectivity index is 2.43. The molecule has 0 N–H and O–H groups in total. The maximum Gasteiger partial charge on any atom is 0.401 e. The molecule has 0 spiro atoms. The standard InChI is InChI=1S/C6H10F3NO2S/c7-6(8,9)5-10-1-3-13(11,12)4-2-10/h1-5H2. The first-order valence-electron chi connectivity index (χ1n) is 3.78. The summed E-state index contributed by atoms with van der Waals surface area (Å²) in [6, 6.07) is 0. The van der Waals surface area contributed by atoms with Crippen LogP contribution in [0.1, 0.15) is 0 Å². The van der Waals surface area contributed by atoms with Crippen molar-refractivity contribution < 1.29 is 21.6 Å². The first-order chi connectivity index (χ1) is 5.79. The second-order valence-corrected chi connectivity index (χ2v) is 5.35. The third kappa shape index (κ3) is 3.95. The van der Waals surface area contributed by atoms with Crippen LogP contribution in [0.2, 0.25) is 0 Å². The van der Waals surface area contributed by atoms with Crippen LogP contribution >= 0.6 is 0 Å². The van der Waals surface area contributed by atoms with Gasteiger partial charge >= 0.3 is 6.18 Å². The molecular formula is C6H10F3NO2S. The van der Waals surface area contributed by atoms with Gasteiger partial charge in [-0.15, -0.1) is 0 Å². The Kier molecular flexibility index (Phi) is 2.86. The van der Waals surface area contributed by atoms with Gasteiger partial charge in [-0.25, -0.2) is 8.42 Å². The lowest BCUT2D eigenvalue weighted by molar-refractivity contribution is -0.145. The van der Waals surface area contributed by atoms with Gasteiger partial charge in [0, 0.05) is 13.1 Å². The summed E-state index contributed by atoms with van der Waals surface area (Å²) < 4.78 is 57.2. The summed E-state index contributed by atoms with van der Waals surface area (Å²) in [4.78, 5) is 1.11. The second kappa shape index (κ2) is 3.45. The Morgan fingerprint density at radius 1 is 1.15 bits per heavy atom. The van der Waals surface area contributed by atoms with Crippen LogP contribution in [-0.4, -0.2) is 50.6 Å². The van der Waals surface area contributed by atoms with Crippen LogP contribution in [-0.2, 0) is 9.84 Å². The Labute approximate surface area is 74.4 Å². The van der Waals surface area contributed by atoms with E-state index in [0.29, 0.717) is 0 Å². The quantitative estimate of drug-likeness (QED) is 0.633. The van der Waals surface area contributed by atoms with Crippen LogP contribution in [0.15, 0.2) is 0 Å². The minimum Gasteiger partial charge on any atom is -0.293 e. The van der Waals surface area contributed by atoms with E-state index in [1.807, 2.05) is 0 Å². The molecule has 0 radical (unpaired) electrons. The van der Waals surface area contributed by atoms with E-state index in [4.69, 9.17) is 0 Å². The molecule has 0 bridgehead atoms. The highest BCUT2D eigenvalue weighted by Crippen LogP contribution is 2.17. The molecule has 0 aromatic rings. The monoisotopic (exact) mass is 217 g/mol. The molecule has 1 saturated heterocycles. The molecule has 1 fully saturated rings. The number of halogens is 3. The summed E-state index contributed by atoms with van der Waals surface area (Å²) in [7, 11) is -3.08. The van der Waals surface area contributed by atoms with Gasteiger partial charge in [0.2, 0.25) is 0 Å². The van der Waals surface area contributed by atoms with Gasteiger partial charge in [-0.05, 0) is 0 Å². The third-order valence-corrected chi connectivity index (χ3v) is 3.45. The fourth-order valence-electron chi connectivity index (χ4n) is 1.16. The van der Waals surface area contributed by atoms with Gasteiger partial charge in [0.25, 0.3) is 0 Å². The molecule has 0 aliphatic carbocycles. The van der Waals surface area contributed by atoms with Gasteiger partial charge in [-0.2, -0.15) is 13.2 Å². The summed E-state index contributed by atoms with van der Waals surface area (Å²) in [5.41, 5.74) is 0. The molecule has 0 saturated carbocycles. The van der Waals surface area contributed by atoms with Crippen molar-refractivity contribution in [1.29, 1.82) is 0 Å². The van der Waals surface area contributed by atoms with Crippen molar-refractivity contribution >= 4 is 9.84 Å². The number of hydrogen-bond donors (Lipinski definition) is 0. The van der Waals surface area contributed by atoms with Crippen LogP contribution in [0.4, 0.5) is 13.2 Å². The van der Waals surface area contributed by atoms with Crippen molar-refractivity contribution in [2.45, 2.75) is 6.18 Å². The van der Waals surface area contributed by atoms with Crippen molar-refractivity contribution in [3.63, 3.8) is 0 Å². The normalized spacial score (nSPS) is 24.5. The van der Waals surface area contributed by atoms with Gasteiger partial charge in [0.15, 0.2) is 9.84 Å². The minimum atomic E-state index is -4.24. The fourth-order valence-corrected chi connectivity index (χ4v) is 2.44. The van der Waals surface area contributed by atoms with Gasteiger partial charge in [-0.1, -0.05) is 0 Å². The molecule has 7 heteroatoms. The Hall–Kier alpha value is -0.300. The van der Waals surface area contributed by atoms with Gasteiger partial charge in [0.05, 0.1) is 18.1 Å². The zero-order chi connectivity index (χ0) is 10.1. The molecule has 0 aromatic heterocycles. The van der Waals surface area contributed by atoms with E-state index in [-0.39, 0.29) is 24.6 Å². The SMILES string of the molecule is O=S1(=O)CCN(CC(F)(F)F)CC1. The molecule has 3 nitrogen and oxygen atoms in total. The number of nitrogens with zero attached hydrogens (tertiary/aromatic N) is 1. The highest BCUT2D eigenvalue weighted by atomic mass is 32.2. The molecule has 1 heterocycles. The van der Waals surface area contributed by atoms with Gasteiger partial charge in [0.1, 0.15) is 0 Å². The molecule has 1 aliphatic rings. The average molecular weight is 217 g/mol. The predicted octanol–water partition coefficient (Wildman–Crippen LogP) is 0.279. The Morgan fingerprint density at radius 2 is 1.62 bits per heavy atom. The van der Waals surface area contributed by atoms with Crippen molar-refractivity contribution in [3.8, 4) is 0 Å². The van der Waals surface area contributed by atoms with Crippen molar-refractivity contribution in [2.75, 3.05) is 31.1 Å². The van der Waals surface area contributed by atoms with Gasteiger partial charge in [-0.3, -0.25) is 4.90 Å². The molecule has 1 rings (SSSR count). The van der Waals surface area contributed by atoms with Crippen LogP contribution in [0.5, 0.6) is 0 Å². The molecule has 0 aromatic carbocycles. The van der Waals surface area contributed by atoms with E-state index < -0.39 is 22.6 Å². The van der Waals surface area contributed by atoms with Crippen molar-refractivity contribution in [3.05, 3.63) is 0 Å². The van der Waals surface area contributed by atoms with Crippen LogP contribution in [0, 0.1) is 0 Å². The largest absolute Gasteiger partial charge is 0.401 e. The van der Waals surface area contributed by atoms with Crippen molar-refractivity contribution in [2.24, 2.45) is 0 Å². The van der Waals surface area contributed by atoms with E-state index in [0.717, 1.165) is 4.90 Å². The smallest absolute Gasteiger partial charge is 0.293 e. The van der Waals surface area contributed by atoms with Crippen LogP contribution in [0.25, 0.3) is 0 Å². The zero-order valence-corrected chi connectivity index (χ0v) is 7.66. The molecule has 78 valence electrons. The number of hydrogen-bond acceptors (Lipinski definition) is 3. The topological polar surface area (TPSA) is 37.4 Å². The van der Waals surface area contributed by atoms with Gasteiger partial charge < -0.3 is 0 Å². The molecule has 1 aliphatic heterocycles. The highest BCUT2D eigenvalue weighted by molar-refractivity contribution is 7.91. The first kappa shape index (κ1) is 10.8. The number of sulfone groups is 1. The maximum atomic E-state index is 11.8. The summed E-state index contributed by atoms with van der Waals surface area (Å²) in [5.74, 6) is -0.327. The Bertz CT molecular complexity index is 258. The highest BCUT2D eigenvalue weighted by Gasteiger charge is 2.33. The second-order valence-electron chi connectivity index (χ2n) is 3.04. The van der Waals surface area contributed by atoms with E-state index in [1.165, 1.54) is 0 Å². The van der Waals surface area contributed by atoms with E-state index >= 15 is 0 Å². The van der Waals surface area contributed by atoms with E-state index in [1.54, 1.807) is 0 Å². The average Bonchev–Trinajstić information content (AvgIpc) is 1.91. The van der Waals surface area contributed by atoms with E-state index in [9.17, 15) is 21.6 Å². The maximum absolute atomic E-state index is 11.8. The minimum absolute atomic E-state index is 0.0121. The Morgan fingerprint density at radius 3 is 2.00 bits per heavy atom.